The van der Waals surface area contributed by atoms with Gasteiger partial charge in [0.25, 0.3) is 6.43 Å². The quantitative estimate of drug-likeness (QED) is 0.556. The van der Waals surface area contributed by atoms with Crippen molar-refractivity contribution in [1.82, 2.24) is 0 Å². The number of ether oxygens (including phenoxy) is 1. The fourth-order valence-corrected chi connectivity index (χ4v) is 0.448. The number of methoxy groups -OCH3 is 1. The van der Waals surface area contributed by atoms with Crippen LogP contribution in [-0.2, 0) is 4.74 Å². The second-order valence-electron chi connectivity index (χ2n) is 1.52. The largest absolute Gasteiger partial charge is 0.376 e. The monoisotopic (exact) mass is 124 g/mol. The maximum Gasteiger partial charge on any atom is 0.264 e. The van der Waals surface area contributed by atoms with Crippen molar-refractivity contribution in [2.24, 2.45) is 0 Å². The van der Waals surface area contributed by atoms with Gasteiger partial charge in [-0.2, -0.15) is 0 Å². The Morgan fingerprint density at radius 1 is 1.50 bits per heavy atom. The molecule has 0 N–H and O–H groups in total. The molecule has 0 aliphatic rings. The smallest absolute Gasteiger partial charge is 0.264 e. The highest BCUT2D eigenvalue weighted by Crippen LogP contribution is 2.06. The zero-order valence-corrected chi connectivity index (χ0v) is 5.03. The van der Waals surface area contributed by atoms with Crippen LogP contribution in [0.2, 0.25) is 0 Å². The predicted octanol–water partition coefficient (Wildman–Crippen LogP) is 1.68. The summed E-state index contributed by atoms with van der Waals surface area (Å²) in [4.78, 5) is 0. The average Bonchev–Trinajstić information content (AvgIpc) is 1.69. The van der Waals surface area contributed by atoms with Crippen molar-refractivity contribution in [3.05, 3.63) is 0 Å². The van der Waals surface area contributed by atoms with Gasteiger partial charge in [0.05, 0.1) is 0 Å². The molecular weight excluding hydrogens is 114 g/mol. The maximum absolute atomic E-state index is 11.6. The molecule has 0 aromatic heterocycles. The first-order valence-electron chi connectivity index (χ1n) is 2.53. The first kappa shape index (κ1) is 7.82. The Morgan fingerprint density at radius 3 is 2.00 bits per heavy atom. The highest BCUT2D eigenvalue weighted by atomic mass is 19.3. The number of hydrogen-bond acceptors (Lipinski definition) is 1. The van der Waals surface area contributed by atoms with Gasteiger partial charge < -0.3 is 4.74 Å². The lowest BCUT2D eigenvalue weighted by molar-refractivity contribution is -0.0337. The van der Waals surface area contributed by atoms with Crippen LogP contribution < -0.4 is 0 Å². The molecule has 0 amide bonds. The van der Waals surface area contributed by atoms with Crippen LogP contribution in [0.15, 0.2) is 0 Å². The molecule has 8 heavy (non-hydrogen) atoms. The summed E-state index contributed by atoms with van der Waals surface area (Å²) in [5, 5.41) is 0. The highest BCUT2D eigenvalue weighted by Gasteiger charge is 2.15. The van der Waals surface area contributed by atoms with E-state index in [1.807, 2.05) is 0 Å². The van der Waals surface area contributed by atoms with E-state index in [1.165, 1.54) is 7.11 Å². The zero-order valence-electron chi connectivity index (χ0n) is 5.03. The van der Waals surface area contributed by atoms with Crippen LogP contribution in [0, 0.1) is 0 Å². The normalized spacial score (nSPS) is 14.6. The molecule has 0 rings (SSSR count). The highest BCUT2D eigenvalue weighted by molar-refractivity contribution is 4.54. The van der Waals surface area contributed by atoms with Gasteiger partial charge >= 0.3 is 0 Å². The van der Waals surface area contributed by atoms with E-state index in [-0.39, 0.29) is 0 Å². The van der Waals surface area contributed by atoms with E-state index in [1.54, 1.807) is 6.92 Å². The van der Waals surface area contributed by atoms with E-state index >= 15 is 0 Å². The Kier molecular flexibility index (Phi) is 3.69. The molecule has 0 aromatic rings. The van der Waals surface area contributed by atoms with E-state index in [9.17, 15) is 8.78 Å². The van der Waals surface area contributed by atoms with Crippen molar-refractivity contribution in [2.45, 2.75) is 25.9 Å². The van der Waals surface area contributed by atoms with Gasteiger partial charge in [0, 0.05) is 7.11 Å². The molecule has 1 nitrogen and oxygen atoms in total. The molecule has 0 aromatic carbocycles. The summed E-state index contributed by atoms with van der Waals surface area (Å²) >= 11 is 0. The van der Waals surface area contributed by atoms with Crippen molar-refractivity contribution in [2.75, 3.05) is 7.11 Å². The molecule has 50 valence electrons. The van der Waals surface area contributed by atoms with Crippen LogP contribution in [0.1, 0.15) is 13.3 Å². The molecule has 3 heteroatoms. The molecule has 1 unspecified atom stereocenters. The topological polar surface area (TPSA) is 9.23 Å². The summed E-state index contributed by atoms with van der Waals surface area (Å²) in [6.45, 7) is 1.67. The summed E-state index contributed by atoms with van der Waals surface area (Å²) in [5.41, 5.74) is 0. The summed E-state index contributed by atoms with van der Waals surface area (Å²) < 4.78 is 27.6. The van der Waals surface area contributed by atoms with Gasteiger partial charge in [0.15, 0.2) is 0 Å². The second-order valence-corrected chi connectivity index (χ2v) is 1.52. The molecule has 0 saturated heterocycles. The lowest BCUT2D eigenvalue weighted by atomic mass is 10.3. The third kappa shape index (κ3) is 2.21. The van der Waals surface area contributed by atoms with Gasteiger partial charge in [-0.15, -0.1) is 0 Å². The molecule has 1 atom stereocenters. The minimum Gasteiger partial charge on any atom is -0.376 e. The summed E-state index contributed by atoms with van der Waals surface area (Å²) in [5.74, 6) is 0. The molecule has 0 saturated carbocycles. The molecule has 0 spiro atoms. The van der Waals surface area contributed by atoms with Crippen molar-refractivity contribution in [3.8, 4) is 0 Å². The molecule has 0 aliphatic carbocycles. The lowest BCUT2D eigenvalue weighted by Gasteiger charge is -2.09. The standard InChI is InChI=1S/C5H10F2O/c1-3-4(8-2)5(6)7/h4-5H,3H2,1-2H3. The molecule has 0 fully saturated rings. The van der Waals surface area contributed by atoms with Gasteiger partial charge in [-0.05, 0) is 6.42 Å². The number of rotatable bonds is 3. The number of halogens is 2. The van der Waals surface area contributed by atoms with Crippen molar-refractivity contribution in [1.29, 1.82) is 0 Å². The molecular formula is C5H10F2O. The first-order valence-corrected chi connectivity index (χ1v) is 2.53. The molecule has 0 radical (unpaired) electrons. The van der Waals surface area contributed by atoms with Crippen LogP contribution in [0.25, 0.3) is 0 Å². The van der Waals surface area contributed by atoms with E-state index in [0.717, 1.165) is 0 Å². The second kappa shape index (κ2) is 3.78. The van der Waals surface area contributed by atoms with Crippen LogP contribution in [0.4, 0.5) is 8.78 Å². The van der Waals surface area contributed by atoms with Crippen LogP contribution in [0.5, 0.6) is 0 Å². The van der Waals surface area contributed by atoms with Crippen molar-refractivity contribution >= 4 is 0 Å². The first-order chi connectivity index (χ1) is 3.72. The summed E-state index contributed by atoms with van der Waals surface area (Å²) in [6, 6.07) is 0. The van der Waals surface area contributed by atoms with Gasteiger partial charge in [0.2, 0.25) is 0 Å². The van der Waals surface area contributed by atoms with Crippen LogP contribution >= 0.6 is 0 Å². The Balaban J connectivity index is 3.35. The van der Waals surface area contributed by atoms with E-state index < -0.39 is 12.5 Å². The Morgan fingerprint density at radius 2 is 2.00 bits per heavy atom. The van der Waals surface area contributed by atoms with E-state index in [4.69, 9.17) is 0 Å². The third-order valence-corrected chi connectivity index (χ3v) is 0.986. The minimum atomic E-state index is -2.34. The SMILES string of the molecule is CCC(OC)C(F)F. The molecule has 0 heterocycles. The number of hydrogen-bond donors (Lipinski definition) is 0. The Bertz CT molecular complexity index is 52.4. The Hall–Kier alpha value is -0.180. The predicted molar refractivity (Wildman–Crippen MR) is 27.1 cm³/mol. The molecule has 0 aliphatic heterocycles. The van der Waals surface area contributed by atoms with Gasteiger partial charge in [-0.25, -0.2) is 8.78 Å². The molecule has 0 bridgehead atoms. The zero-order chi connectivity index (χ0) is 6.57. The van der Waals surface area contributed by atoms with Crippen molar-refractivity contribution in [3.63, 3.8) is 0 Å². The van der Waals surface area contributed by atoms with Gasteiger partial charge in [-0.3, -0.25) is 0 Å². The fraction of sp³-hybridized carbons (Fsp3) is 1.00. The fourth-order valence-electron chi connectivity index (χ4n) is 0.448. The van der Waals surface area contributed by atoms with Gasteiger partial charge in [0.1, 0.15) is 6.10 Å². The van der Waals surface area contributed by atoms with Gasteiger partial charge in [-0.1, -0.05) is 6.92 Å². The van der Waals surface area contributed by atoms with E-state index in [2.05, 4.69) is 4.74 Å². The lowest BCUT2D eigenvalue weighted by Crippen LogP contribution is -2.18. The third-order valence-electron chi connectivity index (χ3n) is 0.986. The summed E-state index contributed by atoms with van der Waals surface area (Å²) in [7, 11) is 1.29. The van der Waals surface area contributed by atoms with Crippen LogP contribution in [0.3, 0.4) is 0 Å². The summed E-state index contributed by atoms with van der Waals surface area (Å²) in [6.07, 6.45) is -2.85. The number of alkyl halides is 2. The van der Waals surface area contributed by atoms with E-state index in [0.29, 0.717) is 6.42 Å². The van der Waals surface area contributed by atoms with Crippen molar-refractivity contribution < 1.29 is 13.5 Å². The average molecular weight is 124 g/mol. The van der Waals surface area contributed by atoms with Crippen LogP contribution in [-0.4, -0.2) is 19.6 Å². The minimum absolute atomic E-state index is 0.369. The Labute approximate surface area is 47.6 Å². The maximum atomic E-state index is 11.6.